The molecule has 10 nitrogen and oxygen atoms in total. The van der Waals surface area contributed by atoms with Crippen molar-refractivity contribution in [2.24, 2.45) is 11.0 Å². The number of rotatable bonds is 8. The number of fused-ring (bicyclic) bond motifs is 1. The topological polar surface area (TPSA) is 143 Å². The van der Waals surface area contributed by atoms with Crippen molar-refractivity contribution in [2.45, 2.75) is 33.1 Å². The number of thiophene rings is 1. The molecule has 0 radical (unpaired) electrons. The van der Waals surface area contributed by atoms with E-state index in [1.165, 1.54) is 17.6 Å². The van der Waals surface area contributed by atoms with Crippen LogP contribution in [0.25, 0.3) is 0 Å². The van der Waals surface area contributed by atoms with E-state index >= 15 is 0 Å². The molecule has 1 aliphatic rings. The number of hydrogen-bond donors (Lipinski definition) is 3. The SMILES string of the molecule is CCOC(=O)c1c(NC(=O)C(=O)NN=Cc2ccc(OCC(=O)O)cc2)sc2c1CCC(C)C2. The monoisotopic (exact) mass is 487 g/mol. The van der Waals surface area contributed by atoms with Gasteiger partial charge in [0.25, 0.3) is 0 Å². The lowest BCUT2D eigenvalue weighted by Crippen LogP contribution is -2.32. The molecular weight excluding hydrogens is 462 g/mol. The van der Waals surface area contributed by atoms with Gasteiger partial charge in [0.1, 0.15) is 10.8 Å². The van der Waals surface area contributed by atoms with E-state index in [1.54, 1.807) is 31.2 Å². The fourth-order valence-electron chi connectivity index (χ4n) is 3.43. The largest absolute Gasteiger partial charge is 0.482 e. The first-order chi connectivity index (χ1) is 16.3. The summed E-state index contributed by atoms with van der Waals surface area (Å²) >= 11 is 1.29. The van der Waals surface area contributed by atoms with E-state index in [4.69, 9.17) is 14.6 Å². The Morgan fingerprint density at radius 1 is 1.21 bits per heavy atom. The van der Waals surface area contributed by atoms with Crippen LogP contribution in [0.3, 0.4) is 0 Å². The zero-order valence-corrected chi connectivity index (χ0v) is 19.6. The highest BCUT2D eigenvalue weighted by molar-refractivity contribution is 7.17. The fraction of sp³-hybridized carbons (Fsp3) is 0.348. The second-order valence-corrected chi connectivity index (χ2v) is 8.79. The van der Waals surface area contributed by atoms with Gasteiger partial charge in [0.15, 0.2) is 6.61 Å². The Balaban J connectivity index is 1.62. The number of esters is 1. The van der Waals surface area contributed by atoms with E-state index in [1.807, 2.05) is 0 Å². The predicted molar refractivity (Wildman–Crippen MR) is 125 cm³/mol. The molecule has 0 saturated heterocycles. The summed E-state index contributed by atoms with van der Waals surface area (Å²) in [7, 11) is 0. The summed E-state index contributed by atoms with van der Waals surface area (Å²) in [5, 5.41) is 15.2. The number of carboxylic acids is 1. The molecule has 3 rings (SSSR count). The second kappa shape index (κ2) is 11.4. The molecule has 1 aliphatic carbocycles. The van der Waals surface area contributed by atoms with E-state index in [-0.39, 0.29) is 6.61 Å². The van der Waals surface area contributed by atoms with E-state index in [0.717, 1.165) is 23.3 Å². The van der Waals surface area contributed by atoms with Gasteiger partial charge in [-0.15, -0.1) is 11.3 Å². The smallest absolute Gasteiger partial charge is 0.341 e. The van der Waals surface area contributed by atoms with Gasteiger partial charge in [0.05, 0.1) is 18.4 Å². The molecule has 0 spiro atoms. The van der Waals surface area contributed by atoms with Gasteiger partial charge in [-0.3, -0.25) is 9.59 Å². The molecule has 2 amide bonds. The third kappa shape index (κ3) is 6.41. The van der Waals surface area contributed by atoms with Crippen LogP contribution in [-0.2, 0) is 32.0 Å². The number of anilines is 1. The van der Waals surface area contributed by atoms with E-state index in [2.05, 4.69) is 22.8 Å². The highest BCUT2D eigenvalue weighted by atomic mass is 32.1. The van der Waals surface area contributed by atoms with Gasteiger partial charge < -0.3 is 19.9 Å². The maximum Gasteiger partial charge on any atom is 0.341 e. The minimum atomic E-state index is -1.08. The summed E-state index contributed by atoms with van der Waals surface area (Å²) in [6.07, 6.45) is 3.78. The molecule has 11 heteroatoms. The number of nitrogens with one attached hydrogen (secondary N) is 2. The van der Waals surface area contributed by atoms with E-state index in [0.29, 0.717) is 34.2 Å². The van der Waals surface area contributed by atoms with Gasteiger partial charge in [-0.25, -0.2) is 15.0 Å². The standard InChI is InChI=1S/C23H25N3O7S/c1-3-32-23(31)19-16-9-4-13(2)10-17(16)34-22(19)25-20(29)21(30)26-24-11-14-5-7-15(8-6-14)33-12-18(27)28/h5-8,11,13H,3-4,9-10,12H2,1-2H3,(H,25,29)(H,26,30)(H,27,28). The van der Waals surface area contributed by atoms with Crippen LogP contribution in [0, 0.1) is 5.92 Å². The summed E-state index contributed by atoms with van der Waals surface area (Å²) < 4.78 is 10.2. The maximum absolute atomic E-state index is 12.5. The molecule has 3 N–H and O–H groups in total. The third-order valence-electron chi connectivity index (χ3n) is 5.05. The molecule has 1 unspecified atom stereocenters. The number of carboxylic acid groups (broad SMARTS) is 1. The van der Waals surface area contributed by atoms with Crippen molar-refractivity contribution in [2.75, 3.05) is 18.5 Å². The molecule has 0 fully saturated rings. The molecule has 180 valence electrons. The van der Waals surface area contributed by atoms with Crippen LogP contribution in [0.15, 0.2) is 29.4 Å². The van der Waals surface area contributed by atoms with Crippen molar-refractivity contribution >= 4 is 46.3 Å². The first-order valence-corrected chi connectivity index (χ1v) is 11.5. The number of amides is 2. The van der Waals surface area contributed by atoms with Crippen LogP contribution in [0.1, 0.15) is 46.6 Å². The Labute approximate surface area is 199 Å². The van der Waals surface area contributed by atoms with Crippen LogP contribution in [0.4, 0.5) is 5.00 Å². The van der Waals surface area contributed by atoms with Crippen LogP contribution in [0.2, 0.25) is 0 Å². The zero-order chi connectivity index (χ0) is 24.7. The normalized spacial score (nSPS) is 14.8. The molecule has 0 saturated carbocycles. The van der Waals surface area contributed by atoms with Gasteiger partial charge in [-0.2, -0.15) is 5.10 Å². The number of hydrazone groups is 1. The molecule has 0 bridgehead atoms. The van der Waals surface area contributed by atoms with Crippen LogP contribution in [0.5, 0.6) is 5.75 Å². The average Bonchev–Trinajstić information content (AvgIpc) is 3.15. The summed E-state index contributed by atoms with van der Waals surface area (Å²) in [6, 6.07) is 6.32. The quantitative estimate of drug-likeness (QED) is 0.225. The van der Waals surface area contributed by atoms with Gasteiger partial charge in [0, 0.05) is 4.88 Å². The van der Waals surface area contributed by atoms with Crippen molar-refractivity contribution in [1.29, 1.82) is 0 Å². The van der Waals surface area contributed by atoms with Crippen LogP contribution >= 0.6 is 11.3 Å². The van der Waals surface area contributed by atoms with Crippen molar-refractivity contribution in [1.82, 2.24) is 5.43 Å². The zero-order valence-electron chi connectivity index (χ0n) is 18.8. The first kappa shape index (κ1) is 24.9. The lowest BCUT2D eigenvalue weighted by molar-refractivity contribution is -0.139. The molecule has 0 aliphatic heterocycles. The number of carbonyl (C=O) groups excluding carboxylic acids is 3. The second-order valence-electron chi connectivity index (χ2n) is 7.68. The van der Waals surface area contributed by atoms with Crippen LogP contribution in [-0.4, -0.2) is 48.3 Å². The number of aliphatic carboxylic acids is 1. The minimum Gasteiger partial charge on any atom is -0.482 e. The van der Waals surface area contributed by atoms with Crippen molar-refractivity contribution < 1.29 is 33.8 Å². The molecule has 1 heterocycles. The number of nitrogens with zero attached hydrogens (tertiary/aromatic N) is 1. The van der Waals surface area contributed by atoms with Gasteiger partial charge in [-0.1, -0.05) is 6.92 Å². The van der Waals surface area contributed by atoms with Gasteiger partial charge >= 0.3 is 23.8 Å². The molecule has 34 heavy (non-hydrogen) atoms. The molecule has 1 atom stereocenters. The van der Waals surface area contributed by atoms with E-state index in [9.17, 15) is 19.2 Å². The van der Waals surface area contributed by atoms with E-state index < -0.39 is 30.4 Å². The van der Waals surface area contributed by atoms with Gasteiger partial charge in [0.2, 0.25) is 0 Å². The fourth-order valence-corrected chi connectivity index (χ4v) is 4.82. The lowest BCUT2D eigenvalue weighted by Gasteiger charge is -2.18. The maximum atomic E-state index is 12.5. The summed E-state index contributed by atoms with van der Waals surface area (Å²) in [6.45, 7) is 3.59. The molecule has 1 aromatic heterocycles. The van der Waals surface area contributed by atoms with Crippen molar-refractivity contribution in [3.63, 3.8) is 0 Å². The van der Waals surface area contributed by atoms with Crippen LogP contribution < -0.4 is 15.5 Å². The summed E-state index contributed by atoms with van der Waals surface area (Å²) in [5.41, 5.74) is 3.94. The van der Waals surface area contributed by atoms with Crippen molar-refractivity contribution in [3.05, 3.63) is 45.8 Å². The Bertz CT molecular complexity index is 1110. The Morgan fingerprint density at radius 3 is 2.62 bits per heavy atom. The Morgan fingerprint density at radius 2 is 1.94 bits per heavy atom. The molecular formula is C23H25N3O7S. The molecule has 2 aromatic rings. The minimum absolute atomic E-state index is 0.203. The Hall–Kier alpha value is -3.73. The number of hydrogen-bond acceptors (Lipinski definition) is 8. The van der Waals surface area contributed by atoms with Gasteiger partial charge in [-0.05, 0) is 67.5 Å². The summed E-state index contributed by atoms with van der Waals surface area (Å²) in [4.78, 5) is 48.7. The predicted octanol–water partition coefficient (Wildman–Crippen LogP) is 2.60. The summed E-state index contributed by atoms with van der Waals surface area (Å²) in [5.74, 6) is -2.70. The average molecular weight is 488 g/mol. The number of benzene rings is 1. The highest BCUT2D eigenvalue weighted by Crippen LogP contribution is 2.40. The number of carbonyl (C=O) groups is 4. The van der Waals surface area contributed by atoms with Crippen molar-refractivity contribution in [3.8, 4) is 5.75 Å². The Kier molecular flexibility index (Phi) is 8.36. The highest BCUT2D eigenvalue weighted by Gasteiger charge is 2.30. The third-order valence-corrected chi connectivity index (χ3v) is 6.22. The number of ether oxygens (including phenoxy) is 2. The lowest BCUT2D eigenvalue weighted by atomic mass is 9.88. The first-order valence-electron chi connectivity index (χ1n) is 10.7. The molecule has 1 aromatic carbocycles.